The lowest BCUT2D eigenvalue weighted by Crippen LogP contribution is -2.04. The molecule has 0 amide bonds. The number of aromatic amines is 1. The van der Waals surface area contributed by atoms with E-state index in [-0.39, 0.29) is 17.2 Å². The molecule has 0 atom stereocenters. The summed E-state index contributed by atoms with van der Waals surface area (Å²) in [6, 6.07) is 14.6. The lowest BCUT2D eigenvalue weighted by Gasteiger charge is -2.01. The van der Waals surface area contributed by atoms with E-state index in [1.165, 1.54) is 24.3 Å². The van der Waals surface area contributed by atoms with Crippen LogP contribution in [-0.2, 0) is 0 Å². The average Bonchev–Trinajstić information content (AvgIpc) is 3.04. The fraction of sp³-hybridized carbons (Fsp3) is 0. The molecule has 108 valence electrons. The summed E-state index contributed by atoms with van der Waals surface area (Å²) >= 11 is 0. The highest BCUT2D eigenvalue weighted by atomic mass is 16.6. The average molecular weight is 294 g/mol. The summed E-state index contributed by atoms with van der Waals surface area (Å²) in [5, 5.41) is 21.0. The Labute approximate surface area is 124 Å². The number of H-pyrrole nitrogens is 1. The van der Waals surface area contributed by atoms with Gasteiger partial charge in [-0.05, 0) is 12.1 Å². The van der Waals surface area contributed by atoms with Crippen LogP contribution in [0.3, 0.4) is 0 Å². The van der Waals surface area contributed by atoms with Crippen molar-refractivity contribution >= 4 is 11.5 Å². The van der Waals surface area contributed by atoms with Crippen LogP contribution in [-0.4, -0.2) is 26.1 Å². The van der Waals surface area contributed by atoms with Crippen LogP contribution in [0.5, 0.6) is 0 Å². The number of aromatic nitrogens is 3. The molecule has 1 aromatic heterocycles. The normalized spacial score (nSPS) is 10.4. The van der Waals surface area contributed by atoms with Crippen molar-refractivity contribution in [2.75, 3.05) is 0 Å². The first-order chi connectivity index (χ1) is 10.7. The van der Waals surface area contributed by atoms with Gasteiger partial charge in [0.25, 0.3) is 5.69 Å². The number of non-ortho nitro benzene ring substituents is 1. The Morgan fingerprint density at radius 3 is 2.32 bits per heavy atom. The summed E-state index contributed by atoms with van der Waals surface area (Å²) in [7, 11) is 0. The molecule has 0 saturated heterocycles. The molecule has 0 unspecified atom stereocenters. The number of hydrogen-bond donors (Lipinski definition) is 1. The van der Waals surface area contributed by atoms with E-state index in [2.05, 4.69) is 15.4 Å². The van der Waals surface area contributed by atoms with Crippen LogP contribution < -0.4 is 0 Å². The van der Waals surface area contributed by atoms with Gasteiger partial charge in [0.15, 0.2) is 5.69 Å². The number of hydrogen-bond acceptors (Lipinski definition) is 5. The Morgan fingerprint density at radius 1 is 1.00 bits per heavy atom. The van der Waals surface area contributed by atoms with Gasteiger partial charge in [-0.3, -0.25) is 14.9 Å². The molecular formula is C15H10N4O3. The Hall–Kier alpha value is -3.35. The molecule has 7 heteroatoms. The monoisotopic (exact) mass is 294 g/mol. The van der Waals surface area contributed by atoms with Crippen molar-refractivity contribution in [1.29, 1.82) is 0 Å². The second-order valence-electron chi connectivity index (χ2n) is 4.52. The summed E-state index contributed by atoms with van der Waals surface area (Å²) in [5.41, 5.74) is 1.64. The number of nitrogens with one attached hydrogen (secondary N) is 1. The minimum atomic E-state index is -0.514. The van der Waals surface area contributed by atoms with Crippen molar-refractivity contribution in [3.05, 3.63) is 76.0 Å². The minimum Gasteiger partial charge on any atom is -0.287 e. The number of ketones is 1. The number of carbonyl (C=O) groups excluding carboxylic acids is 1. The molecule has 3 aromatic rings. The zero-order valence-electron chi connectivity index (χ0n) is 11.3. The maximum atomic E-state index is 12.5. The van der Waals surface area contributed by atoms with Crippen molar-refractivity contribution in [3.8, 4) is 11.3 Å². The Kier molecular flexibility index (Phi) is 3.45. The molecule has 22 heavy (non-hydrogen) atoms. The zero-order valence-corrected chi connectivity index (χ0v) is 11.3. The highest BCUT2D eigenvalue weighted by molar-refractivity contribution is 6.10. The summed E-state index contributed by atoms with van der Waals surface area (Å²) in [6.45, 7) is 0. The van der Waals surface area contributed by atoms with E-state index in [0.29, 0.717) is 11.3 Å². The lowest BCUT2D eigenvalue weighted by molar-refractivity contribution is -0.384. The molecule has 0 bridgehead atoms. The molecule has 0 fully saturated rings. The van der Waals surface area contributed by atoms with Gasteiger partial charge in [-0.15, -0.1) is 0 Å². The number of nitro groups is 1. The Morgan fingerprint density at radius 2 is 1.68 bits per heavy atom. The topological polar surface area (TPSA) is 102 Å². The second kappa shape index (κ2) is 5.57. The van der Waals surface area contributed by atoms with Crippen LogP contribution in [0.4, 0.5) is 5.69 Å². The van der Waals surface area contributed by atoms with Gasteiger partial charge in [0, 0.05) is 23.3 Å². The standard InChI is InChI=1S/C15H10N4O3/c20-15(11-6-8-12(9-7-11)19(21)22)14-13(16-18-17-14)10-4-2-1-3-5-10/h1-9H,(H,16,17,18). The first-order valence-electron chi connectivity index (χ1n) is 6.42. The van der Waals surface area contributed by atoms with Crippen LogP contribution in [0.2, 0.25) is 0 Å². The van der Waals surface area contributed by atoms with Crippen molar-refractivity contribution < 1.29 is 9.72 Å². The number of nitro benzene ring substituents is 1. The van der Waals surface area contributed by atoms with E-state index in [4.69, 9.17) is 0 Å². The third kappa shape index (κ3) is 2.47. The van der Waals surface area contributed by atoms with Gasteiger partial charge in [0.05, 0.1) is 4.92 Å². The molecule has 3 rings (SSSR count). The summed E-state index contributed by atoms with van der Waals surface area (Å²) in [5.74, 6) is -0.345. The quantitative estimate of drug-likeness (QED) is 0.452. The largest absolute Gasteiger partial charge is 0.287 e. The first-order valence-corrected chi connectivity index (χ1v) is 6.42. The van der Waals surface area contributed by atoms with Crippen molar-refractivity contribution in [2.24, 2.45) is 0 Å². The van der Waals surface area contributed by atoms with Crippen LogP contribution in [0.25, 0.3) is 11.3 Å². The van der Waals surface area contributed by atoms with Gasteiger partial charge in [-0.25, -0.2) is 0 Å². The SMILES string of the molecule is O=C(c1ccc([N+](=O)[O-])cc1)c1n[nH]nc1-c1ccccc1. The minimum absolute atomic E-state index is 0.0695. The van der Waals surface area contributed by atoms with E-state index in [1.807, 2.05) is 30.3 Å². The number of rotatable bonds is 4. The van der Waals surface area contributed by atoms with Crippen LogP contribution in [0.1, 0.15) is 16.1 Å². The maximum absolute atomic E-state index is 12.5. The van der Waals surface area contributed by atoms with Crippen LogP contribution >= 0.6 is 0 Å². The highest BCUT2D eigenvalue weighted by Gasteiger charge is 2.20. The Balaban J connectivity index is 1.97. The number of benzene rings is 2. The predicted molar refractivity (Wildman–Crippen MR) is 78.3 cm³/mol. The molecule has 0 aliphatic rings. The number of carbonyl (C=O) groups is 1. The molecule has 1 N–H and O–H groups in total. The van der Waals surface area contributed by atoms with Gasteiger partial charge in [0.2, 0.25) is 5.78 Å². The molecule has 0 aliphatic carbocycles. The van der Waals surface area contributed by atoms with Gasteiger partial charge in [-0.2, -0.15) is 15.4 Å². The van der Waals surface area contributed by atoms with Crippen molar-refractivity contribution in [2.45, 2.75) is 0 Å². The predicted octanol–water partition coefficient (Wildman–Crippen LogP) is 2.61. The van der Waals surface area contributed by atoms with Crippen LogP contribution in [0.15, 0.2) is 54.6 Å². The van der Waals surface area contributed by atoms with Gasteiger partial charge < -0.3 is 0 Å². The molecule has 0 radical (unpaired) electrons. The molecule has 0 spiro atoms. The van der Waals surface area contributed by atoms with Gasteiger partial charge >= 0.3 is 0 Å². The fourth-order valence-electron chi connectivity index (χ4n) is 2.06. The molecule has 0 saturated carbocycles. The van der Waals surface area contributed by atoms with E-state index in [1.54, 1.807) is 0 Å². The van der Waals surface area contributed by atoms with Gasteiger partial charge in [0.1, 0.15) is 5.69 Å². The summed E-state index contributed by atoms with van der Waals surface area (Å²) < 4.78 is 0. The fourth-order valence-corrected chi connectivity index (χ4v) is 2.06. The van der Waals surface area contributed by atoms with Crippen molar-refractivity contribution in [3.63, 3.8) is 0 Å². The van der Waals surface area contributed by atoms with E-state index in [9.17, 15) is 14.9 Å². The maximum Gasteiger partial charge on any atom is 0.269 e. The molecular weight excluding hydrogens is 284 g/mol. The molecule has 0 aliphatic heterocycles. The second-order valence-corrected chi connectivity index (χ2v) is 4.52. The van der Waals surface area contributed by atoms with Crippen LogP contribution in [0, 0.1) is 10.1 Å². The zero-order chi connectivity index (χ0) is 15.5. The van der Waals surface area contributed by atoms with E-state index < -0.39 is 4.92 Å². The molecule has 1 heterocycles. The third-order valence-electron chi connectivity index (χ3n) is 3.15. The van der Waals surface area contributed by atoms with E-state index in [0.717, 1.165) is 5.56 Å². The van der Waals surface area contributed by atoms with Crippen molar-refractivity contribution in [1.82, 2.24) is 15.4 Å². The molecule has 7 nitrogen and oxygen atoms in total. The molecule has 2 aromatic carbocycles. The Bertz CT molecular complexity index is 826. The summed E-state index contributed by atoms with van der Waals surface area (Å²) in [6.07, 6.45) is 0. The van der Waals surface area contributed by atoms with Gasteiger partial charge in [-0.1, -0.05) is 30.3 Å². The lowest BCUT2D eigenvalue weighted by atomic mass is 10.0. The third-order valence-corrected chi connectivity index (χ3v) is 3.15. The smallest absolute Gasteiger partial charge is 0.269 e. The van der Waals surface area contributed by atoms with E-state index >= 15 is 0 Å². The number of nitrogens with zero attached hydrogens (tertiary/aromatic N) is 3. The summed E-state index contributed by atoms with van der Waals surface area (Å²) in [4.78, 5) is 22.6. The highest BCUT2D eigenvalue weighted by Crippen LogP contribution is 2.22. The first kappa shape index (κ1) is 13.6.